The number of hydrogen-bond donors (Lipinski definition) is 0. The Hall–Kier alpha value is -0.950. The van der Waals surface area contributed by atoms with Gasteiger partial charge >= 0.3 is 11.9 Å². The zero-order chi connectivity index (χ0) is 13.0. The van der Waals surface area contributed by atoms with Gasteiger partial charge in [0.1, 0.15) is 11.9 Å². The number of thioether (sulfide) groups is 1. The predicted molar refractivity (Wildman–Crippen MR) is 61.6 cm³/mol. The van der Waals surface area contributed by atoms with Crippen LogP contribution in [0.1, 0.15) is 0 Å². The normalized spacial score (nSPS) is 23.4. The second-order valence-corrected chi connectivity index (χ2v) is 4.56. The highest BCUT2D eigenvalue weighted by molar-refractivity contribution is 8.00. The maximum absolute atomic E-state index is 11.6. The Morgan fingerprint density at radius 1 is 1.29 bits per heavy atom. The minimum atomic E-state index is -0.838. The molecule has 0 saturated carbocycles. The molecular weight excluding hydrogens is 270 g/mol. The van der Waals surface area contributed by atoms with Crippen molar-refractivity contribution >= 4 is 41.2 Å². The number of amides is 1. The fourth-order valence-corrected chi connectivity index (χ4v) is 2.94. The maximum atomic E-state index is 11.6. The molecule has 1 aliphatic heterocycles. The van der Waals surface area contributed by atoms with E-state index in [1.165, 1.54) is 14.2 Å². The van der Waals surface area contributed by atoms with Crippen molar-refractivity contribution in [1.82, 2.24) is 4.90 Å². The lowest BCUT2D eigenvalue weighted by Crippen LogP contribution is -2.49. The number of carbonyl (C=O) groups excluding carboxylic acids is 3. The monoisotopic (exact) mass is 281 g/mol. The van der Waals surface area contributed by atoms with Crippen molar-refractivity contribution < 1.29 is 23.9 Å². The zero-order valence-electron chi connectivity index (χ0n) is 9.34. The van der Waals surface area contributed by atoms with Crippen molar-refractivity contribution in [2.24, 2.45) is 0 Å². The smallest absolute Gasteiger partial charge is 0.339 e. The Bertz CT molecular complexity index is 313. The summed E-state index contributed by atoms with van der Waals surface area (Å²) >= 11 is 6.60. The van der Waals surface area contributed by atoms with E-state index in [0.717, 1.165) is 16.7 Å². The molecule has 0 spiro atoms. The number of nitrogens with zero attached hydrogens (tertiary/aromatic N) is 1. The van der Waals surface area contributed by atoms with Crippen molar-refractivity contribution in [2.45, 2.75) is 11.4 Å². The summed E-state index contributed by atoms with van der Waals surface area (Å²) in [6, 6.07) is -0.791. The van der Waals surface area contributed by atoms with Gasteiger partial charge in [-0.1, -0.05) is 0 Å². The highest BCUT2D eigenvalue weighted by atomic mass is 35.5. The first-order chi connectivity index (χ1) is 8.06. The van der Waals surface area contributed by atoms with E-state index in [9.17, 15) is 14.4 Å². The summed E-state index contributed by atoms with van der Waals surface area (Å²) in [5.74, 6) is -1.67. The lowest BCUT2D eigenvalue weighted by molar-refractivity contribution is -0.155. The second kappa shape index (κ2) is 6.11. The molecule has 0 N–H and O–H groups in total. The minimum Gasteiger partial charge on any atom is -0.467 e. The molecule has 2 atom stereocenters. The van der Waals surface area contributed by atoms with Gasteiger partial charge in [0.15, 0.2) is 5.37 Å². The van der Waals surface area contributed by atoms with Crippen LogP contribution < -0.4 is 0 Å². The summed E-state index contributed by atoms with van der Waals surface area (Å²) in [5, 5.41) is -0.838. The first-order valence-corrected chi connectivity index (χ1v) is 6.29. The number of rotatable bonds is 3. The van der Waals surface area contributed by atoms with Crippen LogP contribution in [-0.2, 0) is 23.9 Å². The first kappa shape index (κ1) is 14.1. The summed E-state index contributed by atoms with van der Waals surface area (Å²) in [4.78, 5) is 35.7. The van der Waals surface area contributed by atoms with Gasteiger partial charge in [0.2, 0.25) is 5.91 Å². The van der Waals surface area contributed by atoms with Crippen LogP contribution in [0, 0.1) is 0 Å². The first-order valence-electron chi connectivity index (χ1n) is 4.71. The molecule has 1 saturated heterocycles. The summed E-state index contributed by atoms with van der Waals surface area (Å²) in [6.45, 7) is 0. The van der Waals surface area contributed by atoms with Gasteiger partial charge in [0.05, 0.1) is 14.2 Å². The number of carbonyl (C=O) groups is 3. The van der Waals surface area contributed by atoms with Gasteiger partial charge in [0.25, 0.3) is 0 Å². The molecule has 0 aliphatic carbocycles. The van der Waals surface area contributed by atoms with Gasteiger partial charge in [-0.05, 0) is 0 Å². The molecule has 1 amide bonds. The highest BCUT2D eigenvalue weighted by Gasteiger charge is 2.45. The summed E-state index contributed by atoms with van der Waals surface area (Å²) in [6.07, 6.45) is 0. The van der Waals surface area contributed by atoms with E-state index in [0.29, 0.717) is 0 Å². The summed E-state index contributed by atoms with van der Waals surface area (Å²) in [5.41, 5.74) is 0. The van der Waals surface area contributed by atoms with Gasteiger partial charge in [0, 0.05) is 5.75 Å². The van der Waals surface area contributed by atoms with E-state index in [4.69, 9.17) is 11.6 Å². The van der Waals surface area contributed by atoms with Crippen molar-refractivity contribution in [2.75, 3.05) is 25.9 Å². The molecule has 0 bridgehead atoms. The van der Waals surface area contributed by atoms with Crippen LogP contribution in [0.3, 0.4) is 0 Å². The molecule has 0 aromatic rings. The third kappa shape index (κ3) is 2.84. The predicted octanol–water partition coefficient (Wildman–Crippen LogP) is -0.159. The van der Waals surface area contributed by atoms with Crippen LogP contribution in [0.2, 0.25) is 0 Å². The molecule has 1 unspecified atom stereocenters. The lowest BCUT2D eigenvalue weighted by atomic mass is 10.2. The molecule has 1 rings (SSSR count). The van der Waals surface area contributed by atoms with E-state index in [2.05, 4.69) is 9.47 Å². The molecule has 1 fully saturated rings. The van der Waals surface area contributed by atoms with Crippen molar-refractivity contribution in [3.63, 3.8) is 0 Å². The van der Waals surface area contributed by atoms with Crippen molar-refractivity contribution in [1.29, 1.82) is 0 Å². The maximum Gasteiger partial charge on any atom is 0.339 e. The molecule has 0 aromatic heterocycles. The average molecular weight is 282 g/mol. The van der Waals surface area contributed by atoms with Crippen LogP contribution >= 0.6 is 23.4 Å². The van der Waals surface area contributed by atoms with Crippen LogP contribution in [0.15, 0.2) is 0 Å². The Morgan fingerprint density at radius 2 is 1.88 bits per heavy atom. The number of esters is 2. The SMILES string of the molecule is COC(=O)C1SC[C@@H](C(=O)OC)N1C(=O)CCl. The van der Waals surface area contributed by atoms with Crippen LogP contribution in [0.5, 0.6) is 0 Å². The van der Waals surface area contributed by atoms with Gasteiger partial charge in [-0.2, -0.15) is 0 Å². The third-order valence-corrected chi connectivity index (χ3v) is 3.75. The Morgan fingerprint density at radius 3 is 2.35 bits per heavy atom. The van der Waals surface area contributed by atoms with E-state index >= 15 is 0 Å². The molecule has 96 valence electrons. The van der Waals surface area contributed by atoms with Gasteiger partial charge in [-0.25, -0.2) is 9.59 Å². The van der Waals surface area contributed by atoms with Crippen LogP contribution in [0.25, 0.3) is 0 Å². The molecule has 17 heavy (non-hydrogen) atoms. The number of alkyl halides is 1. The molecule has 1 heterocycles. The molecule has 6 nitrogen and oxygen atoms in total. The standard InChI is InChI=1S/C9H12ClNO5S/c1-15-8(13)5-4-17-7(9(14)16-2)11(5)6(12)3-10/h5,7H,3-4H2,1-2H3/t5-,7?/m0/s1. The van der Waals surface area contributed by atoms with Crippen LogP contribution in [-0.4, -0.2) is 60.0 Å². The van der Waals surface area contributed by atoms with E-state index in [-0.39, 0.29) is 11.6 Å². The van der Waals surface area contributed by atoms with Gasteiger partial charge in [-0.15, -0.1) is 23.4 Å². The summed E-state index contributed by atoms with van der Waals surface area (Å²) in [7, 11) is 2.44. The second-order valence-electron chi connectivity index (χ2n) is 3.18. The average Bonchev–Trinajstić information content (AvgIpc) is 2.80. The summed E-state index contributed by atoms with van der Waals surface area (Å²) < 4.78 is 9.15. The van der Waals surface area contributed by atoms with E-state index in [1.54, 1.807) is 0 Å². The number of methoxy groups -OCH3 is 2. The minimum absolute atomic E-state index is 0.287. The van der Waals surface area contributed by atoms with E-state index in [1.807, 2.05) is 0 Å². The quantitative estimate of drug-likeness (QED) is 0.529. The Labute approximate surface area is 108 Å². The van der Waals surface area contributed by atoms with E-state index < -0.39 is 29.3 Å². The number of ether oxygens (including phenoxy) is 2. The van der Waals surface area contributed by atoms with Crippen LogP contribution in [0.4, 0.5) is 0 Å². The van der Waals surface area contributed by atoms with Crippen molar-refractivity contribution in [3.05, 3.63) is 0 Å². The Balaban J connectivity index is 2.93. The molecule has 8 heteroatoms. The highest BCUT2D eigenvalue weighted by Crippen LogP contribution is 2.30. The zero-order valence-corrected chi connectivity index (χ0v) is 10.9. The lowest BCUT2D eigenvalue weighted by Gasteiger charge is -2.25. The Kier molecular flexibility index (Phi) is 5.07. The number of hydrogen-bond acceptors (Lipinski definition) is 6. The molecular formula is C9H12ClNO5S. The number of halogens is 1. The fourth-order valence-electron chi connectivity index (χ4n) is 1.48. The third-order valence-electron chi connectivity index (χ3n) is 2.28. The molecule has 1 aliphatic rings. The fraction of sp³-hybridized carbons (Fsp3) is 0.667. The van der Waals surface area contributed by atoms with Gasteiger partial charge in [-0.3, -0.25) is 4.79 Å². The largest absolute Gasteiger partial charge is 0.467 e. The van der Waals surface area contributed by atoms with Gasteiger partial charge < -0.3 is 14.4 Å². The topological polar surface area (TPSA) is 72.9 Å². The molecule has 0 radical (unpaired) electrons. The van der Waals surface area contributed by atoms with Crippen molar-refractivity contribution in [3.8, 4) is 0 Å². The molecule has 0 aromatic carbocycles.